The lowest BCUT2D eigenvalue weighted by atomic mass is 9.80. The Morgan fingerprint density at radius 3 is 2.81 bits per heavy atom. The predicted octanol–water partition coefficient (Wildman–Crippen LogP) is 0.614. The van der Waals surface area contributed by atoms with E-state index in [1.54, 1.807) is 4.90 Å². The first-order valence-corrected chi connectivity index (χ1v) is 10.6. The molecule has 0 aromatic carbocycles. The zero-order valence-corrected chi connectivity index (χ0v) is 15.8. The third-order valence-electron chi connectivity index (χ3n) is 6.33. The summed E-state index contributed by atoms with van der Waals surface area (Å²) in [5.74, 6) is 0.939. The van der Waals surface area contributed by atoms with Crippen molar-refractivity contribution in [3.8, 4) is 12.3 Å². The van der Waals surface area contributed by atoms with Crippen LogP contribution < -0.4 is 5.32 Å². The van der Waals surface area contributed by atoms with Crippen molar-refractivity contribution in [2.45, 2.75) is 42.5 Å². The van der Waals surface area contributed by atoms with E-state index in [-0.39, 0.29) is 23.4 Å². The highest BCUT2D eigenvalue weighted by molar-refractivity contribution is 8.00. The van der Waals surface area contributed by atoms with Gasteiger partial charge in [-0.1, -0.05) is 6.42 Å². The molecule has 7 nitrogen and oxygen atoms in total. The van der Waals surface area contributed by atoms with Gasteiger partial charge in [-0.15, -0.1) is 11.8 Å². The number of thioether (sulfide) groups is 1. The van der Waals surface area contributed by atoms with Crippen LogP contribution in [-0.4, -0.2) is 76.7 Å². The molecule has 1 aliphatic carbocycles. The smallest absolute Gasteiger partial charge is 0.243 e. The number of nitrogens with zero attached hydrogens (tertiary/aromatic N) is 5. The van der Waals surface area contributed by atoms with E-state index in [1.807, 2.05) is 16.7 Å². The average Bonchev–Trinajstić information content (AvgIpc) is 3.18. The SMILES string of the molecule is N#CC1CCCC(C2CNC(N3CCN4CCN(C#N)C[C@H]4C3=O)S2)C1. The van der Waals surface area contributed by atoms with Crippen LogP contribution in [0, 0.1) is 34.6 Å². The fraction of sp³-hybridized carbons (Fsp3) is 0.833. The molecule has 0 spiro atoms. The van der Waals surface area contributed by atoms with Crippen LogP contribution in [0.2, 0.25) is 0 Å². The van der Waals surface area contributed by atoms with Crippen molar-refractivity contribution >= 4 is 17.7 Å². The Kier molecular flexibility index (Phi) is 5.26. The lowest BCUT2D eigenvalue weighted by Crippen LogP contribution is -2.66. The molecule has 4 unspecified atom stereocenters. The molecule has 3 aliphatic heterocycles. The number of nitriles is 2. The van der Waals surface area contributed by atoms with Gasteiger partial charge >= 0.3 is 0 Å². The Morgan fingerprint density at radius 1 is 1.15 bits per heavy atom. The number of carbonyl (C=O) groups excluding carboxylic acids is 1. The fourth-order valence-electron chi connectivity index (χ4n) is 4.81. The van der Waals surface area contributed by atoms with Gasteiger partial charge in [-0.2, -0.15) is 10.5 Å². The number of hydrogen-bond acceptors (Lipinski definition) is 7. The van der Waals surface area contributed by atoms with Gasteiger partial charge in [0.2, 0.25) is 5.91 Å². The minimum Gasteiger partial charge on any atom is -0.315 e. The summed E-state index contributed by atoms with van der Waals surface area (Å²) in [5, 5.41) is 22.4. The van der Waals surface area contributed by atoms with Gasteiger partial charge < -0.3 is 9.80 Å². The van der Waals surface area contributed by atoms with E-state index in [0.717, 1.165) is 52.0 Å². The number of hydrogen-bond donors (Lipinski definition) is 1. The van der Waals surface area contributed by atoms with Gasteiger partial charge in [-0.25, -0.2) is 0 Å². The third kappa shape index (κ3) is 3.38. The van der Waals surface area contributed by atoms with E-state index in [0.29, 0.717) is 17.7 Å². The van der Waals surface area contributed by atoms with Crippen molar-refractivity contribution < 1.29 is 4.79 Å². The van der Waals surface area contributed by atoms with Crippen molar-refractivity contribution in [3.05, 3.63) is 0 Å². The first kappa shape index (κ1) is 17.9. The standard InChI is InChI=1S/C18H26N6OS/c19-9-13-2-1-3-14(8-13)16-10-21-18(26-16)24-7-6-23-5-4-22(12-20)11-15(23)17(24)25/h13-16,18,21H,1-8,10-11H2/t13?,14?,15-,16?,18?/m0/s1. The van der Waals surface area contributed by atoms with Gasteiger partial charge in [0.05, 0.1) is 12.6 Å². The molecule has 0 bridgehead atoms. The highest BCUT2D eigenvalue weighted by Gasteiger charge is 2.44. The number of rotatable bonds is 2. The van der Waals surface area contributed by atoms with E-state index < -0.39 is 0 Å². The van der Waals surface area contributed by atoms with Crippen molar-refractivity contribution in [2.24, 2.45) is 11.8 Å². The van der Waals surface area contributed by atoms with E-state index in [4.69, 9.17) is 5.26 Å². The van der Waals surface area contributed by atoms with Crippen LogP contribution in [0.3, 0.4) is 0 Å². The Bertz CT molecular complexity index is 630. The molecule has 1 N–H and O–H groups in total. The summed E-state index contributed by atoms with van der Waals surface area (Å²) in [6, 6.07) is 2.27. The van der Waals surface area contributed by atoms with Crippen LogP contribution in [0.25, 0.3) is 0 Å². The van der Waals surface area contributed by atoms with E-state index in [9.17, 15) is 10.1 Å². The van der Waals surface area contributed by atoms with Crippen molar-refractivity contribution in [1.82, 2.24) is 20.0 Å². The maximum Gasteiger partial charge on any atom is 0.243 e. The number of nitrogens with one attached hydrogen (secondary N) is 1. The highest BCUT2D eigenvalue weighted by Crippen LogP contribution is 2.40. The van der Waals surface area contributed by atoms with Gasteiger partial charge in [0.1, 0.15) is 11.5 Å². The summed E-state index contributed by atoms with van der Waals surface area (Å²) < 4.78 is 0. The molecule has 26 heavy (non-hydrogen) atoms. The molecule has 0 aromatic rings. The second kappa shape index (κ2) is 7.64. The van der Waals surface area contributed by atoms with Crippen LogP contribution in [-0.2, 0) is 4.79 Å². The van der Waals surface area contributed by atoms with E-state index >= 15 is 0 Å². The van der Waals surface area contributed by atoms with Gasteiger partial charge in [0.15, 0.2) is 6.19 Å². The molecule has 1 amide bonds. The Labute approximate surface area is 159 Å². The lowest BCUT2D eigenvalue weighted by molar-refractivity contribution is -0.145. The molecule has 3 heterocycles. The Balaban J connectivity index is 1.37. The average molecular weight is 375 g/mol. The predicted molar refractivity (Wildman–Crippen MR) is 98.5 cm³/mol. The number of piperazine rings is 2. The molecule has 140 valence electrons. The number of carbonyl (C=O) groups is 1. The lowest BCUT2D eigenvalue weighted by Gasteiger charge is -2.46. The quantitative estimate of drug-likeness (QED) is 0.709. The molecule has 4 rings (SSSR count). The zero-order chi connectivity index (χ0) is 18.1. The summed E-state index contributed by atoms with van der Waals surface area (Å²) in [6.45, 7) is 4.59. The number of fused-ring (bicyclic) bond motifs is 1. The molecular formula is C18H26N6OS. The summed E-state index contributed by atoms with van der Waals surface area (Å²) in [7, 11) is 0. The third-order valence-corrected chi connectivity index (χ3v) is 7.91. The maximum absolute atomic E-state index is 13.0. The summed E-state index contributed by atoms with van der Waals surface area (Å²) in [4.78, 5) is 18.9. The monoisotopic (exact) mass is 374 g/mol. The van der Waals surface area contributed by atoms with Gasteiger partial charge in [-0.05, 0) is 25.2 Å². The Hall–Kier alpha value is -1.48. The van der Waals surface area contributed by atoms with E-state index in [1.165, 1.54) is 6.42 Å². The molecule has 0 aromatic heterocycles. The first-order chi connectivity index (χ1) is 12.7. The molecule has 0 radical (unpaired) electrons. The van der Waals surface area contributed by atoms with E-state index in [2.05, 4.69) is 22.5 Å². The summed E-state index contributed by atoms with van der Waals surface area (Å²) >= 11 is 1.87. The normalized spacial score (nSPS) is 38.5. The summed E-state index contributed by atoms with van der Waals surface area (Å²) in [5.41, 5.74) is 0.0366. The summed E-state index contributed by atoms with van der Waals surface area (Å²) in [6.07, 6.45) is 6.58. The molecule has 4 fully saturated rings. The van der Waals surface area contributed by atoms with Crippen LogP contribution in [0.4, 0.5) is 0 Å². The highest BCUT2D eigenvalue weighted by atomic mass is 32.2. The first-order valence-electron chi connectivity index (χ1n) is 9.67. The van der Waals surface area contributed by atoms with Crippen LogP contribution in [0.1, 0.15) is 25.7 Å². The van der Waals surface area contributed by atoms with Crippen LogP contribution >= 0.6 is 11.8 Å². The van der Waals surface area contributed by atoms with Gasteiger partial charge in [0.25, 0.3) is 0 Å². The molecule has 1 saturated carbocycles. The largest absolute Gasteiger partial charge is 0.315 e. The van der Waals surface area contributed by atoms with Gasteiger partial charge in [0, 0.05) is 43.9 Å². The van der Waals surface area contributed by atoms with Crippen molar-refractivity contribution in [1.29, 1.82) is 10.5 Å². The zero-order valence-electron chi connectivity index (χ0n) is 15.0. The molecular weight excluding hydrogens is 348 g/mol. The van der Waals surface area contributed by atoms with Gasteiger partial charge in [-0.3, -0.25) is 15.0 Å². The van der Waals surface area contributed by atoms with Crippen LogP contribution in [0.5, 0.6) is 0 Å². The van der Waals surface area contributed by atoms with Crippen molar-refractivity contribution in [2.75, 3.05) is 39.3 Å². The fourth-order valence-corrected chi connectivity index (χ4v) is 6.35. The molecule has 4 aliphatic rings. The minimum atomic E-state index is -0.184. The maximum atomic E-state index is 13.0. The molecule has 8 heteroatoms. The van der Waals surface area contributed by atoms with Crippen LogP contribution in [0.15, 0.2) is 0 Å². The molecule has 3 saturated heterocycles. The number of amides is 1. The Morgan fingerprint density at radius 2 is 2.00 bits per heavy atom. The second-order valence-corrected chi connectivity index (χ2v) is 9.14. The second-order valence-electron chi connectivity index (χ2n) is 7.82. The molecule has 5 atom stereocenters. The minimum absolute atomic E-state index is 0.0366. The topological polar surface area (TPSA) is 86.4 Å². The van der Waals surface area contributed by atoms with Crippen molar-refractivity contribution in [3.63, 3.8) is 0 Å².